The lowest BCUT2D eigenvalue weighted by Gasteiger charge is -2.32. The summed E-state index contributed by atoms with van der Waals surface area (Å²) < 4.78 is 0. The van der Waals surface area contributed by atoms with Gasteiger partial charge in [0.2, 0.25) is 0 Å². The van der Waals surface area contributed by atoms with Crippen molar-refractivity contribution in [3.8, 4) is 0 Å². The fourth-order valence-corrected chi connectivity index (χ4v) is 1.26. The van der Waals surface area contributed by atoms with Gasteiger partial charge in [0.05, 0.1) is 0 Å². The van der Waals surface area contributed by atoms with E-state index in [9.17, 15) is 5.11 Å². The molecule has 5 nitrogen and oxygen atoms in total. The number of nitrogens with zero attached hydrogens (tertiary/aromatic N) is 2. The third-order valence-corrected chi connectivity index (χ3v) is 2.42. The number of nitrogens with two attached hydrogens (primary N) is 1. The fraction of sp³-hybridized carbons (Fsp3) is 0.889. The maximum absolute atomic E-state index is 10.2. The minimum absolute atomic E-state index is 0.493. The monoisotopic (exact) mass is 202 g/mol. The van der Waals surface area contributed by atoms with Gasteiger partial charge in [-0.05, 0) is 19.8 Å². The number of amidine groups is 1. The second-order valence-electron chi connectivity index (χ2n) is 3.18. The first-order valence-electron chi connectivity index (χ1n) is 5.05. The molecule has 84 valence electrons. The average Bonchev–Trinajstić information content (AvgIpc) is 2.23. The summed E-state index contributed by atoms with van der Waals surface area (Å²) in [5, 5.41) is 15.7. The maximum atomic E-state index is 10.2. The fourth-order valence-electron chi connectivity index (χ4n) is 1.26. The topological polar surface area (TPSA) is 73.9 Å². The second-order valence-corrected chi connectivity index (χ2v) is 3.18. The van der Waals surface area contributed by atoms with Crippen LogP contribution < -0.4 is 11.3 Å². The van der Waals surface area contributed by atoms with Crippen LogP contribution in [0.15, 0.2) is 5.10 Å². The molecule has 0 spiro atoms. The molecule has 5 heteroatoms. The molecule has 0 amide bonds. The van der Waals surface area contributed by atoms with E-state index in [1.54, 1.807) is 7.05 Å². The number of rotatable bonds is 5. The Morgan fingerprint density at radius 2 is 1.93 bits per heavy atom. The second kappa shape index (κ2) is 5.82. The number of nitrogens with one attached hydrogen (secondary N) is 1. The lowest BCUT2D eigenvalue weighted by atomic mass is 9.95. The summed E-state index contributed by atoms with van der Waals surface area (Å²) in [6.07, 6.45) is 1.19. The Kier molecular flexibility index (Phi) is 5.49. The smallest absolute Gasteiger partial charge is 0.170 e. The van der Waals surface area contributed by atoms with Crippen molar-refractivity contribution >= 4 is 5.84 Å². The van der Waals surface area contributed by atoms with Crippen molar-refractivity contribution in [2.75, 3.05) is 13.6 Å². The molecule has 0 aromatic carbocycles. The van der Waals surface area contributed by atoms with Gasteiger partial charge in [-0.15, -0.1) is 0 Å². The lowest BCUT2D eigenvalue weighted by molar-refractivity contribution is 0.0876. The maximum Gasteiger partial charge on any atom is 0.170 e. The van der Waals surface area contributed by atoms with Gasteiger partial charge >= 0.3 is 0 Å². The summed E-state index contributed by atoms with van der Waals surface area (Å²) in [7, 11) is 1.69. The van der Waals surface area contributed by atoms with E-state index in [-0.39, 0.29) is 0 Å². The summed E-state index contributed by atoms with van der Waals surface area (Å²) >= 11 is 0. The van der Waals surface area contributed by atoms with E-state index in [0.717, 1.165) is 0 Å². The number of hydrazine groups is 1. The van der Waals surface area contributed by atoms with E-state index in [1.807, 2.05) is 20.8 Å². The van der Waals surface area contributed by atoms with E-state index < -0.39 is 5.60 Å². The van der Waals surface area contributed by atoms with Crippen molar-refractivity contribution in [2.45, 2.75) is 39.2 Å². The quantitative estimate of drug-likeness (QED) is 0.259. The van der Waals surface area contributed by atoms with Gasteiger partial charge in [0.1, 0.15) is 5.60 Å². The number of hydrogen-bond donors (Lipinski definition) is 3. The van der Waals surface area contributed by atoms with Crippen molar-refractivity contribution < 1.29 is 5.11 Å². The molecule has 0 aromatic rings. The Labute approximate surface area is 85.9 Å². The van der Waals surface area contributed by atoms with Gasteiger partial charge in [-0.2, -0.15) is 5.10 Å². The first-order chi connectivity index (χ1) is 6.55. The summed E-state index contributed by atoms with van der Waals surface area (Å²) in [5.41, 5.74) is 1.73. The van der Waals surface area contributed by atoms with Crippen LogP contribution in [-0.2, 0) is 0 Å². The van der Waals surface area contributed by atoms with Crippen molar-refractivity contribution in [2.24, 2.45) is 10.9 Å². The van der Waals surface area contributed by atoms with Gasteiger partial charge in [-0.25, -0.2) is 5.84 Å². The number of aliphatic hydroxyl groups is 1. The van der Waals surface area contributed by atoms with Crippen LogP contribution in [0.4, 0.5) is 0 Å². The number of likely N-dealkylation sites (N-methyl/N-ethyl adjacent to an activating group) is 1. The van der Waals surface area contributed by atoms with E-state index in [0.29, 0.717) is 25.2 Å². The van der Waals surface area contributed by atoms with E-state index >= 15 is 0 Å². The molecule has 0 radical (unpaired) electrons. The molecule has 0 aliphatic carbocycles. The SMILES string of the molecule is CCN(N)/C(=N\NC)C(O)(CC)CC. The van der Waals surface area contributed by atoms with Crippen LogP contribution in [-0.4, -0.2) is 35.1 Å². The molecule has 0 bridgehead atoms. The first-order valence-corrected chi connectivity index (χ1v) is 5.05. The molecule has 0 saturated heterocycles. The Hall–Kier alpha value is -0.810. The van der Waals surface area contributed by atoms with Gasteiger partial charge < -0.3 is 10.5 Å². The molecular weight excluding hydrogens is 180 g/mol. The predicted molar refractivity (Wildman–Crippen MR) is 58.6 cm³/mol. The van der Waals surface area contributed by atoms with Crippen LogP contribution in [0.25, 0.3) is 0 Å². The molecule has 0 atom stereocenters. The highest BCUT2D eigenvalue weighted by Crippen LogP contribution is 2.17. The van der Waals surface area contributed by atoms with Crippen molar-refractivity contribution in [3.05, 3.63) is 0 Å². The molecule has 0 unspecified atom stereocenters. The molecule has 0 aliphatic heterocycles. The Morgan fingerprint density at radius 3 is 2.21 bits per heavy atom. The zero-order valence-electron chi connectivity index (χ0n) is 9.54. The molecule has 0 aromatic heterocycles. The lowest BCUT2D eigenvalue weighted by Crippen LogP contribution is -2.52. The molecule has 0 saturated carbocycles. The summed E-state index contributed by atoms with van der Waals surface area (Å²) in [6.45, 7) is 6.36. The normalized spacial score (nSPS) is 12.9. The standard InChI is InChI=1S/C9H22N4O/c1-5-9(14,6-2)8(12-11-4)13(10)7-3/h11,14H,5-7,10H2,1-4H3/b12-8-. The van der Waals surface area contributed by atoms with E-state index in [1.165, 1.54) is 5.01 Å². The van der Waals surface area contributed by atoms with Gasteiger partial charge in [0.25, 0.3) is 0 Å². The average molecular weight is 202 g/mol. The summed E-state index contributed by atoms with van der Waals surface area (Å²) in [5.74, 6) is 6.24. The summed E-state index contributed by atoms with van der Waals surface area (Å²) in [6, 6.07) is 0. The minimum Gasteiger partial charge on any atom is -0.382 e. The van der Waals surface area contributed by atoms with Crippen LogP contribution in [0.1, 0.15) is 33.6 Å². The Morgan fingerprint density at radius 1 is 1.43 bits per heavy atom. The zero-order valence-corrected chi connectivity index (χ0v) is 9.54. The van der Waals surface area contributed by atoms with E-state index in [2.05, 4.69) is 10.5 Å². The van der Waals surface area contributed by atoms with Gasteiger partial charge in [-0.3, -0.25) is 5.01 Å². The molecule has 0 heterocycles. The Bertz CT molecular complexity index is 189. The third kappa shape index (κ3) is 2.85. The highest BCUT2D eigenvalue weighted by Gasteiger charge is 2.32. The van der Waals surface area contributed by atoms with Gasteiger partial charge in [0, 0.05) is 13.6 Å². The van der Waals surface area contributed by atoms with Crippen molar-refractivity contribution in [3.63, 3.8) is 0 Å². The Balaban J connectivity index is 4.89. The molecular formula is C9H22N4O. The molecule has 0 fully saturated rings. The van der Waals surface area contributed by atoms with Crippen LogP contribution in [0.3, 0.4) is 0 Å². The van der Waals surface area contributed by atoms with Crippen LogP contribution in [0.2, 0.25) is 0 Å². The summed E-state index contributed by atoms with van der Waals surface area (Å²) in [4.78, 5) is 0. The van der Waals surface area contributed by atoms with Crippen LogP contribution >= 0.6 is 0 Å². The van der Waals surface area contributed by atoms with Crippen LogP contribution in [0, 0.1) is 0 Å². The molecule has 0 rings (SSSR count). The highest BCUT2D eigenvalue weighted by molar-refractivity contribution is 5.89. The van der Waals surface area contributed by atoms with Crippen molar-refractivity contribution in [1.29, 1.82) is 0 Å². The molecule has 0 aliphatic rings. The first kappa shape index (κ1) is 13.2. The van der Waals surface area contributed by atoms with Gasteiger partial charge in [0.15, 0.2) is 5.84 Å². The van der Waals surface area contributed by atoms with Crippen molar-refractivity contribution in [1.82, 2.24) is 10.4 Å². The largest absolute Gasteiger partial charge is 0.382 e. The van der Waals surface area contributed by atoms with E-state index in [4.69, 9.17) is 5.84 Å². The van der Waals surface area contributed by atoms with Gasteiger partial charge in [-0.1, -0.05) is 13.8 Å². The van der Waals surface area contributed by atoms with Crippen LogP contribution in [0.5, 0.6) is 0 Å². The minimum atomic E-state index is -0.937. The highest BCUT2D eigenvalue weighted by atomic mass is 16.3. The molecule has 4 N–H and O–H groups in total. The third-order valence-electron chi connectivity index (χ3n) is 2.42. The predicted octanol–water partition coefficient (Wildman–Crippen LogP) is 0.266. The number of hydrogen-bond acceptors (Lipinski definition) is 4. The zero-order chi connectivity index (χ0) is 11.2. The number of hydrazone groups is 1. The molecule has 14 heavy (non-hydrogen) atoms.